The molecule has 2 fully saturated rings. The molecule has 2 aliphatic rings. The van der Waals surface area contributed by atoms with Gasteiger partial charge < -0.3 is 14.3 Å². The first-order chi connectivity index (χ1) is 8.13. The van der Waals surface area contributed by atoms with Crippen LogP contribution in [-0.2, 0) is 25.1 Å². The predicted octanol–water partition coefficient (Wildman–Crippen LogP) is -0.112. The zero-order chi connectivity index (χ0) is 12.4. The van der Waals surface area contributed by atoms with E-state index in [1.807, 2.05) is 6.92 Å². The summed E-state index contributed by atoms with van der Waals surface area (Å²) in [5, 5.41) is 9.24. The molecule has 0 spiro atoms. The highest BCUT2D eigenvalue weighted by Gasteiger charge is 2.51. The number of nitrogens with zero attached hydrogens (tertiary/aromatic N) is 1. The highest BCUT2D eigenvalue weighted by Crippen LogP contribution is 2.31. The third-order valence-corrected chi connectivity index (χ3v) is 4.82. The van der Waals surface area contributed by atoms with Crippen molar-refractivity contribution < 1.29 is 23.6 Å². The summed E-state index contributed by atoms with van der Waals surface area (Å²) in [6.07, 6.45) is -0.674. The summed E-state index contributed by atoms with van der Waals surface area (Å²) in [7, 11) is -1.01. The highest BCUT2D eigenvalue weighted by atomic mass is 32.2. The summed E-state index contributed by atoms with van der Waals surface area (Å²) in [4.78, 5) is 14.8. The Morgan fingerprint density at radius 3 is 2.76 bits per heavy atom. The minimum atomic E-state index is -1.01. The van der Waals surface area contributed by atoms with Crippen LogP contribution in [0, 0.1) is 10.1 Å². The van der Waals surface area contributed by atoms with Crippen molar-refractivity contribution in [2.24, 2.45) is 0 Å². The molecule has 0 radical (unpaired) electrons. The Morgan fingerprint density at radius 1 is 1.41 bits per heavy atom. The molecule has 5 unspecified atom stereocenters. The van der Waals surface area contributed by atoms with E-state index < -0.39 is 28.1 Å². The van der Waals surface area contributed by atoms with Gasteiger partial charge in [0.2, 0.25) is 0 Å². The molecule has 0 aliphatic carbocycles. The normalized spacial score (nSPS) is 37.7. The molecule has 98 valence electrons. The number of ether oxygens (including phenoxy) is 2. The summed E-state index contributed by atoms with van der Waals surface area (Å²) in [5.41, 5.74) is 0. The lowest BCUT2D eigenvalue weighted by Crippen LogP contribution is -2.36. The second-order valence-electron chi connectivity index (χ2n) is 4.09. The number of rotatable bonds is 5. The first-order valence-corrected chi connectivity index (χ1v) is 6.93. The molecule has 0 N–H and O–H groups in total. The molecule has 0 aromatic carbocycles. The maximum absolute atomic E-state index is 11.9. The molecular formula is C9H15NO6S. The molecule has 2 aliphatic heterocycles. The van der Waals surface area contributed by atoms with Crippen LogP contribution in [-0.4, -0.2) is 51.8 Å². The topological polar surface area (TPSA) is 87.9 Å². The number of hydrogen-bond donors (Lipinski definition) is 0. The van der Waals surface area contributed by atoms with E-state index >= 15 is 0 Å². The van der Waals surface area contributed by atoms with Crippen molar-refractivity contribution in [1.82, 2.24) is 0 Å². The van der Waals surface area contributed by atoms with Crippen LogP contribution < -0.4 is 0 Å². The van der Waals surface area contributed by atoms with Crippen LogP contribution in [0.4, 0.5) is 0 Å². The second-order valence-corrected chi connectivity index (χ2v) is 5.86. The van der Waals surface area contributed by atoms with Crippen LogP contribution >= 0.6 is 0 Å². The van der Waals surface area contributed by atoms with E-state index in [-0.39, 0.29) is 18.0 Å². The van der Waals surface area contributed by atoms with E-state index in [1.54, 1.807) is 0 Å². The Labute approximate surface area is 101 Å². The van der Waals surface area contributed by atoms with Crippen LogP contribution in [0.5, 0.6) is 0 Å². The van der Waals surface area contributed by atoms with Gasteiger partial charge in [0.1, 0.15) is 12.2 Å². The average Bonchev–Trinajstić information content (AvgIpc) is 2.80. The fourth-order valence-electron chi connectivity index (χ4n) is 2.21. The fraction of sp³-hybridized carbons (Fsp3) is 1.00. The van der Waals surface area contributed by atoms with Crippen molar-refractivity contribution >= 4 is 10.8 Å². The summed E-state index contributed by atoms with van der Waals surface area (Å²) >= 11 is 0. The largest absolute Gasteiger partial charge is 0.372 e. The third kappa shape index (κ3) is 2.58. The van der Waals surface area contributed by atoms with Gasteiger partial charge in [-0.3, -0.25) is 4.21 Å². The van der Waals surface area contributed by atoms with Gasteiger partial charge in [0.25, 0.3) is 5.09 Å². The monoisotopic (exact) mass is 265 g/mol. The molecule has 0 aromatic rings. The summed E-state index contributed by atoms with van der Waals surface area (Å²) in [6.45, 7) is 2.40. The standard InChI is InChI=1S/C9H15NO6S/c1-2-3-17(13)7-5-15-8-6(16-10(11)12)4-14-9(7)8/h6-9H,2-5H2,1H3. The van der Waals surface area contributed by atoms with E-state index in [4.69, 9.17) is 9.47 Å². The molecule has 17 heavy (non-hydrogen) atoms. The van der Waals surface area contributed by atoms with Gasteiger partial charge in [0.15, 0.2) is 6.10 Å². The molecule has 8 heteroatoms. The van der Waals surface area contributed by atoms with Gasteiger partial charge in [-0.25, -0.2) is 0 Å². The van der Waals surface area contributed by atoms with Crippen molar-refractivity contribution in [3.63, 3.8) is 0 Å². The lowest BCUT2D eigenvalue weighted by molar-refractivity contribution is -0.769. The van der Waals surface area contributed by atoms with Gasteiger partial charge in [-0.1, -0.05) is 6.92 Å². The zero-order valence-corrected chi connectivity index (χ0v) is 10.3. The molecule has 7 nitrogen and oxygen atoms in total. The van der Waals surface area contributed by atoms with E-state index in [0.29, 0.717) is 12.4 Å². The van der Waals surface area contributed by atoms with Gasteiger partial charge in [-0.15, -0.1) is 10.1 Å². The molecule has 0 amide bonds. The number of fused-ring (bicyclic) bond motifs is 1. The van der Waals surface area contributed by atoms with Crippen molar-refractivity contribution in [2.45, 2.75) is 36.9 Å². The Kier molecular flexibility index (Phi) is 3.95. The van der Waals surface area contributed by atoms with Gasteiger partial charge >= 0.3 is 0 Å². The summed E-state index contributed by atoms with van der Waals surface area (Å²) in [5.74, 6) is 0.599. The summed E-state index contributed by atoms with van der Waals surface area (Å²) < 4.78 is 22.7. The Morgan fingerprint density at radius 2 is 2.12 bits per heavy atom. The Bertz CT molecular complexity index is 325. The molecule has 2 rings (SSSR count). The quantitative estimate of drug-likeness (QED) is 0.509. The second kappa shape index (κ2) is 5.28. The number of hydrogen-bond acceptors (Lipinski definition) is 6. The zero-order valence-electron chi connectivity index (χ0n) is 9.44. The molecule has 0 saturated carbocycles. The van der Waals surface area contributed by atoms with Gasteiger partial charge in [-0.05, 0) is 6.42 Å². The van der Waals surface area contributed by atoms with Crippen molar-refractivity contribution in [2.75, 3.05) is 19.0 Å². The Hall–Kier alpha value is -0.730. The summed E-state index contributed by atoms with van der Waals surface area (Å²) in [6, 6.07) is 0. The minimum Gasteiger partial charge on any atom is -0.372 e. The molecule has 0 aromatic heterocycles. The van der Waals surface area contributed by atoms with Crippen LogP contribution in [0.3, 0.4) is 0 Å². The van der Waals surface area contributed by atoms with Crippen molar-refractivity contribution in [3.8, 4) is 0 Å². The highest BCUT2D eigenvalue weighted by molar-refractivity contribution is 7.85. The van der Waals surface area contributed by atoms with Crippen molar-refractivity contribution in [3.05, 3.63) is 10.1 Å². The SMILES string of the molecule is CCCS(=O)C1COC2C(O[N+](=O)[O-])COC21. The Balaban J connectivity index is 1.97. The van der Waals surface area contributed by atoms with Crippen LogP contribution in [0.25, 0.3) is 0 Å². The lowest BCUT2D eigenvalue weighted by Gasteiger charge is -2.15. The van der Waals surface area contributed by atoms with Gasteiger partial charge in [0, 0.05) is 16.6 Å². The van der Waals surface area contributed by atoms with Gasteiger partial charge in [-0.2, -0.15) is 0 Å². The van der Waals surface area contributed by atoms with Crippen LogP contribution in [0.15, 0.2) is 0 Å². The van der Waals surface area contributed by atoms with E-state index in [9.17, 15) is 14.3 Å². The molecular weight excluding hydrogens is 250 g/mol. The average molecular weight is 265 g/mol. The van der Waals surface area contributed by atoms with E-state index in [0.717, 1.165) is 6.42 Å². The smallest absolute Gasteiger partial charge is 0.294 e. The van der Waals surface area contributed by atoms with Crippen LogP contribution in [0.2, 0.25) is 0 Å². The first-order valence-electron chi connectivity index (χ1n) is 5.55. The van der Waals surface area contributed by atoms with E-state index in [1.165, 1.54) is 0 Å². The van der Waals surface area contributed by atoms with Crippen LogP contribution in [0.1, 0.15) is 13.3 Å². The molecule has 0 bridgehead atoms. The lowest BCUT2D eigenvalue weighted by atomic mass is 10.1. The van der Waals surface area contributed by atoms with Gasteiger partial charge in [0.05, 0.1) is 18.5 Å². The maximum atomic E-state index is 11.9. The van der Waals surface area contributed by atoms with Crippen molar-refractivity contribution in [1.29, 1.82) is 0 Å². The van der Waals surface area contributed by atoms with E-state index in [2.05, 4.69) is 4.84 Å². The maximum Gasteiger partial charge on any atom is 0.294 e. The fourth-order valence-corrected chi connectivity index (χ4v) is 3.68. The molecule has 5 atom stereocenters. The third-order valence-electron chi connectivity index (χ3n) is 2.93. The molecule has 2 heterocycles. The molecule has 2 saturated heterocycles. The predicted molar refractivity (Wildman–Crippen MR) is 58.4 cm³/mol. The minimum absolute atomic E-state index is 0.121. The first kappa shape index (κ1) is 12.7.